The Kier molecular flexibility index (Phi) is 5.61. The van der Waals surface area contributed by atoms with Crippen molar-refractivity contribution in [1.82, 2.24) is 9.13 Å². The van der Waals surface area contributed by atoms with Gasteiger partial charge < -0.3 is 5.32 Å². The maximum atomic E-state index is 13.3. The number of para-hydroxylation sites is 1. The Morgan fingerprint density at radius 3 is 2.58 bits per heavy atom. The molecule has 0 aliphatic carbocycles. The van der Waals surface area contributed by atoms with Crippen LogP contribution in [0.25, 0.3) is 15.9 Å². The highest BCUT2D eigenvalue weighted by molar-refractivity contribution is 7.17. The van der Waals surface area contributed by atoms with Crippen molar-refractivity contribution in [3.05, 3.63) is 91.9 Å². The Morgan fingerprint density at radius 2 is 1.84 bits per heavy atom. The van der Waals surface area contributed by atoms with Crippen molar-refractivity contribution < 1.29 is 4.79 Å². The summed E-state index contributed by atoms with van der Waals surface area (Å²) in [5, 5.41) is 4.63. The molecule has 2 aromatic carbocycles. The highest BCUT2D eigenvalue weighted by atomic mass is 32.1. The van der Waals surface area contributed by atoms with Gasteiger partial charge in [-0.05, 0) is 53.6 Å². The molecule has 31 heavy (non-hydrogen) atoms. The zero-order chi connectivity index (χ0) is 22.1. The Morgan fingerprint density at radius 1 is 1.06 bits per heavy atom. The first-order valence-corrected chi connectivity index (χ1v) is 10.9. The molecule has 4 aromatic rings. The Labute approximate surface area is 183 Å². The van der Waals surface area contributed by atoms with Gasteiger partial charge in [0.15, 0.2) is 0 Å². The highest BCUT2D eigenvalue weighted by Gasteiger charge is 2.18. The number of amides is 1. The maximum absolute atomic E-state index is 13.3. The number of hydrogen-bond acceptors (Lipinski definition) is 4. The summed E-state index contributed by atoms with van der Waals surface area (Å²) in [5.74, 6) is 0.00746. The second-order valence-corrected chi connectivity index (χ2v) is 8.68. The Bertz CT molecular complexity index is 1400. The maximum Gasteiger partial charge on any atom is 0.336 e. The molecule has 0 aliphatic heterocycles. The van der Waals surface area contributed by atoms with Crippen LogP contribution in [0.5, 0.6) is 0 Å². The van der Waals surface area contributed by atoms with Crippen LogP contribution in [0, 0.1) is 6.92 Å². The predicted molar refractivity (Wildman–Crippen MR) is 126 cm³/mol. The predicted octanol–water partition coefficient (Wildman–Crippen LogP) is 4.28. The number of aromatic nitrogens is 2. The van der Waals surface area contributed by atoms with Crippen molar-refractivity contribution in [2.75, 3.05) is 5.32 Å². The summed E-state index contributed by atoms with van der Waals surface area (Å²) in [6.45, 7) is 5.83. The number of benzene rings is 2. The van der Waals surface area contributed by atoms with E-state index in [1.165, 1.54) is 15.9 Å². The van der Waals surface area contributed by atoms with Crippen molar-refractivity contribution >= 4 is 33.1 Å². The number of fused-ring (bicyclic) bond motifs is 1. The van der Waals surface area contributed by atoms with Crippen LogP contribution < -0.4 is 16.6 Å². The fourth-order valence-corrected chi connectivity index (χ4v) is 4.41. The van der Waals surface area contributed by atoms with Gasteiger partial charge in [0.2, 0.25) is 5.91 Å². The van der Waals surface area contributed by atoms with Crippen molar-refractivity contribution in [2.24, 2.45) is 0 Å². The Balaban J connectivity index is 1.76. The van der Waals surface area contributed by atoms with Crippen molar-refractivity contribution in [1.29, 1.82) is 0 Å². The monoisotopic (exact) mass is 433 g/mol. The summed E-state index contributed by atoms with van der Waals surface area (Å²) in [7, 11) is 0. The number of nitrogens with zero attached hydrogens (tertiary/aromatic N) is 2. The van der Waals surface area contributed by atoms with E-state index in [0.29, 0.717) is 27.5 Å². The number of rotatable bonds is 5. The van der Waals surface area contributed by atoms with Gasteiger partial charge in [-0.1, -0.05) is 44.2 Å². The van der Waals surface area contributed by atoms with Crippen LogP contribution in [-0.4, -0.2) is 15.0 Å². The van der Waals surface area contributed by atoms with E-state index in [2.05, 4.69) is 19.2 Å². The minimum absolute atomic E-state index is 0.190. The number of aryl methyl sites for hydroxylation is 1. The molecule has 0 aliphatic rings. The quantitative estimate of drug-likeness (QED) is 0.510. The minimum Gasteiger partial charge on any atom is -0.325 e. The molecule has 2 heterocycles. The summed E-state index contributed by atoms with van der Waals surface area (Å²) < 4.78 is 2.96. The average molecular weight is 434 g/mol. The number of anilines is 1. The number of hydrogen-bond donors (Lipinski definition) is 1. The largest absolute Gasteiger partial charge is 0.336 e. The molecule has 1 N–H and O–H groups in total. The third-order valence-electron chi connectivity index (χ3n) is 5.25. The topological polar surface area (TPSA) is 73.1 Å². The van der Waals surface area contributed by atoms with Gasteiger partial charge in [0, 0.05) is 5.69 Å². The van der Waals surface area contributed by atoms with Crippen LogP contribution in [-0.2, 0) is 11.3 Å². The van der Waals surface area contributed by atoms with Gasteiger partial charge in [-0.2, -0.15) is 0 Å². The number of carbonyl (C=O) groups excluding carboxylic acids is 1. The molecule has 0 bridgehead atoms. The fourth-order valence-electron chi connectivity index (χ4n) is 3.59. The molecule has 0 saturated carbocycles. The number of nitrogens with one attached hydrogen (secondary N) is 1. The van der Waals surface area contributed by atoms with Crippen LogP contribution in [0.1, 0.15) is 30.9 Å². The second-order valence-electron chi connectivity index (χ2n) is 7.76. The van der Waals surface area contributed by atoms with E-state index in [-0.39, 0.29) is 18.0 Å². The van der Waals surface area contributed by atoms with Crippen LogP contribution in [0.15, 0.2) is 69.6 Å². The molecule has 0 radical (unpaired) electrons. The van der Waals surface area contributed by atoms with E-state index in [4.69, 9.17) is 0 Å². The molecular weight excluding hydrogens is 410 g/mol. The molecule has 0 saturated heterocycles. The minimum atomic E-state index is -0.531. The standard InChI is InChI=1S/C24H23N3O3S/c1-15(2)17-8-6-9-18(13-17)25-21(28)14-26-20-11-12-31-22(20)23(29)27(24(26)30)19-10-5-4-7-16(19)3/h4-13,15H,14H2,1-3H3,(H,25,28). The van der Waals surface area contributed by atoms with Crippen LogP contribution in [0.3, 0.4) is 0 Å². The van der Waals surface area contributed by atoms with Gasteiger partial charge in [-0.25, -0.2) is 9.36 Å². The molecule has 158 valence electrons. The lowest BCUT2D eigenvalue weighted by atomic mass is 10.0. The molecule has 6 nitrogen and oxygen atoms in total. The number of carbonyl (C=O) groups is 1. The third kappa shape index (κ3) is 3.96. The molecule has 0 atom stereocenters. The van der Waals surface area contributed by atoms with Crippen LogP contribution in [0.4, 0.5) is 5.69 Å². The van der Waals surface area contributed by atoms with Crippen molar-refractivity contribution in [3.63, 3.8) is 0 Å². The van der Waals surface area contributed by atoms with E-state index in [1.807, 2.05) is 43.3 Å². The van der Waals surface area contributed by atoms with Gasteiger partial charge in [-0.3, -0.25) is 14.2 Å². The summed E-state index contributed by atoms with van der Waals surface area (Å²) in [4.78, 5) is 39.2. The fraction of sp³-hybridized carbons (Fsp3) is 0.208. The molecule has 4 rings (SSSR count). The van der Waals surface area contributed by atoms with Crippen molar-refractivity contribution in [2.45, 2.75) is 33.2 Å². The summed E-state index contributed by atoms with van der Waals surface area (Å²) in [6, 6.07) is 16.6. The average Bonchev–Trinajstić information content (AvgIpc) is 3.23. The lowest BCUT2D eigenvalue weighted by Gasteiger charge is -2.14. The Hall–Kier alpha value is -3.45. The molecule has 1 amide bonds. The highest BCUT2D eigenvalue weighted by Crippen LogP contribution is 2.20. The lowest BCUT2D eigenvalue weighted by molar-refractivity contribution is -0.116. The first kappa shape index (κ1) is 20.8. The second kappa shape index (κ2) is 8.35. The van der Waals surface area contributed by atoms with E-state index in [1.54, 1.807) is 23.6 Å². The van der Waals surface area contributed by atoms with Gasteiger partial charge in [0.1, 0.15) is 11.2 Å². The first-order chi connectivity index (χ1) is 14.9. The van der Waals surface area contributed by atoms with Gasteiger partial charge in [0.25, 0.3) is 5.56 Å². The van der Waals surface area contributed by atoms with E-state index in [9.17, 15) is 14.4 Å². The molecular formula is C24H23N3O3S. The third-order valence-corrected chi connectivity index (χ3v) is 6.14. The molecule has 7 heteroatoms. The summed E-state index contributed by atoms with van der Waals surface area (Å²) >= 11 is 1.26. The van der Waals surface area contributed by atoms with Gasteiger partial charge in [0.05, 0.1) is 11.2 Å². The summed E-state index contributed by atoms with van der Waals surface area (Å²) in [5.41, 5.74) is 2.69. The molecule has 2 aromatic heterocycles. The van der Waals surface area contributed by atoms with Crippen LogP contribution >= 0.6 is 11.3 Å². The SMILES string of the molecule is Cc1ccccc1-n1c(=O)c2sccc2n(CC(=O)Nc2cccc(C(C)C)c2)c1=O. The van der Waals surface area contributed by atoms with Gasteiger partial charge >= 0.3 is 5.69 Å². The number of thiophene rings is 1. The lowest BCUT2D eigenvalue weighted by Crippen LogP contribution is -2.40. The van der Waals surface area contributed by atoms with E-state index in [0.717, 1.165) is 15.7 Å². The first-order valence-electron chi connectivity index (χ1n) is 10.1. The molecule has 0 fully saturated rings. The zero-order valence-corrected chi connectivity index (χ0v) is 18.4. The molecule has 0 unspecified atom stereocenters. The van der Waals surface area contributed by atoms with Crippen molar-refractivity contribution in [3.8, 4) is 5.69 Å². The zero-order valence-electron chi connectivity index (χ0n) is 17.6. The smallest absolute Gasteiger partial charge is 0.325 e. The molecule has 0 spiro atoms. The van der Waals surface area contributed by atoms with E-state index < -0.39 is 5.69 Å². The summed E-state index contributed by atoms with van der Waals surface area (Å²) in [6.07, 6.45) is 0. The normalized spacial score (nSPS) is 11.2. The van der Waals surface area contributed by atoms with Crippen LogP contribution in [0.2, 0.25) is 0 Å². The van der Waals surface area contributed by atoms with E-state index >= 15 is 0 Å². The van der Waals surface area contributed by atoms with Gasteiger partial charge in [-0.15, -0.1) is 11.3 Å².